The number of rotatable bonds is 9. The molecular formula is C13H25NO4. The van der Waals surface area contributed by atoms with E-state index in [1.807, 2.05) is 0 Å². The molecule has 0 spiro atoms. The van der Waals surface area contributed by atoms with Gasteiger partial charge in [-0.25, -0.2) is 0 Å². The molecular weight excluding hydrogens is 234 g/mol. The SMILES string of the molecule is COCCCOCCOC(=O)C1CCCC1CN. The summed E-state index contributed by atoms with van der Waals surface area (Å²) in [6.07, 6.45) is 3.90. The fourth-order valence-corrected chi connectivity index (χ4v) is 2.34. The van der Waals surface area contributed by atoms with Crippen LogP contribution in [0, 0.1) is 11.8 Å². The Bertz CT molecular complexity index is 235. The van der Waals surface area contributed by atoms with Gasteiger partial charge in [-0.05, 0) is 31.7 Å². The lowest BCUT2D eigenvalue weighted by molar-refractivity contribution is -0.151. The van der Waals surface area contributed by atoms with Crippen molar-refractivity contribution in [1.82, 2.24) is 0 Å². The van der Waals surface area contributed by atoms with Crippen LogP contribution >= 0.6 is 0 Å². The highest BCUT2D eigenvalue weighted by Crippen LogP contribution is 2.31. The lowest BCUT2D eigenvalue weighted by Crippen LogP contribution is -2.27. The van der Waals surface area contributed by atoms with Gasteiger partial charge in [0.1, 0.15) is 6.61 Å². The first-order chi connectivity index (χ1) is 8.79. The molecule has 0 radical (unpaired) electrons. The Morgan fingerprint density at radius 3 is 2.78 bits per heavy atom. The minimum atomic E-state index is -0.108. The number of methoxy groups -OCH3 is 1. The number of nitrogens with two attached hydrogens (primary N) is 1. The van der Waals surface area contributed by atoms with E-state index in [2.05, 4.69) is 0 Å². The Hall–Kier alpha value is -0.650. The van der Waals surface area contributed by atoms with Gasteiger partial charge < -0.3 is 19.9 Å². The van der Waals surface area contributed by atoms with E-state index in [4.69, 9.17) is 19.9 Å². The molecule has 5 nitrogen and oxygen atoms in total. The molecule has 2 N–H and O–H groups in total. The highest BCUT2D eigenvalue weighted by molar-refractivity contribution is 5.73. The summed E-state index contributed by atoms with van der Waals surface area (Å²) in [6, 6.07) is 0. The molecule has 0 aromatic heterocycles. The number of carbonyl (C=O) groups excluding carboxylic acids is 1. The van der Waals surface area contributed by atoms with Crippen molar-refractivity contribution in [2.24, 2.45) is 17.6 Å². The average molecular weight is 259 g/mol. The predicted octanol–water partition coefficient (Wildman–Crippen LogP) is 0.958. The van der Waals surface area contributed by atoms with Crippen LogP contribution in [0.25, 0.3) is 0 Å². The number of esters is 1. The number of hydrogen-bond acceptors (Lipinski definition) is 5. The molecule has 0 amide bonds. The molecule has 1 saturated carbocycles. The largest absolute Gasteiger partial charge is 0.463 e. The molecule has 1 fully saturated rings. The molecule has 0 bridgehead atoms. The Labute approximate surface area is 109 Å². The Morgan fingerprint density at radius 1 is 1.22 bits per heavy atom. The fourth-order valence-electron chi connectivity index (χ4n) is 2.34. The van der Waals surface area contributed by atoms with Crippen LogP contribution in [-0.4, -0.2) is 46.1 Å². The molecule has 1 aliphatic carbocycles. The van der Waals surface area contributed by atoms with E-state index < -0.39 is 0 Å². The van der Waals surface area contributed by atoms with E-state index in [0.29, 0.717) is 38.9 Å². The topological polar surface area (TPSA) is 70.8 Å². The smallest absolute Gasteiger partial charge is 0.309 e. The quantitative estimate of drug-likeness (QED) is 0.493. The lowest BCUT2D eigenvalue weighted by atomic mass is 9.96. The Balaban J connectivity index is 2.03. The van der Waals surface area contributed by atoms with Crippen molar-refractivity contribution in [3.05, 3.63) is 0 Å². The van der Waals surface area contributed by atoms with Crippen molar-refractivity contribution in [3.8, 4) is 0 Å². The average Bonchev–Trinajstić information content (AvgIpc) is 2.85. The minimum Gasteiger partial charge on any atom is -0.463 e. The van der Waals surface area contributed by atoms with Gasteiger partial charge >= 0.3 is 5.97 Å². The summed E-state index contributed by atoms with van der Waals surface area (Å²) in [5.41, 5.74) is 5.64. The summed E-state index contributed by atoms with van der Waals surface area (Å²) in [5.74, 6) is 0.201. The van der Waals surface area contributed by atoms with Crippen molar-refractivity contribution >= 4 is 5.97 Å². The van der Waals surface area contributed by atoms with Crippen molar-refractivity contribution in [3.63, 3.8) is 0 Å². The van der Waals surface area contributed by atoms with Crippen LogP contribution in [0.15, 0.2) is 0 Å². The van der Waals surface area contributed by atoms with E-state index in [1.54, 1.807) is 7.11 Å². The molecule has 1 rings (SSSR count). The van der Waals surface area contributed by atoms with Crippen LogP contribution < -0.4 is 5.73 Å². The Kier molecular flexibility index (Phi) is 7.96. The summed E-state index contributed by atoms with van der Waals surface area (Å²) in [6.45, 7) is 2.70. The molecule has 1 aliphatic rings. The maximum absolute atomic E-state index is 11.8. The maximum atomic E-state index is 11.8. The van der Waals surface area contributed by atoms with Gasteiger partial charge in [0.15, 0.2) is 0 Å². The van der Waals surface area contributed by atoms with Crippen molar-refractivity contribution < 1.29 is 19.0 Å². The number of hydrogen-bond donors (Lipinski definition) is 1. The van der Waals surface area contributed by atoms with Gasteiger partial charge in [0.05, 0.1) is 12.5 Å². The molecule has 106 valence electrons. The molecule has 2 atom stereocenters. The normalized spacial score (nSPS) is 23.2. The van der Waals surface area contributed by atoms with E-state index in [9.17, 15) is 4.79 Å². The highest BCUT2D eigenvalue weighted by Gasteiger charge is 2.32. The van der Waals surface area contributed by atoms with E-state index in [0.717, 1.165) is 25.7 Å². The van der Waals surface area contributed by atoms with E-state index in [1.165, 1.54) is 0 Å². The maximum Gasteiger partial charge on any atom is 0.309 e. The zero-order valence-electron chi connectivity index (χ0n) is 11.2. The van der Waals surface area contributed by atoms with Gasteiger partial charge in [0.2, 0.25) is 0 Å². The number of ether oxygens (including phenoxy) is 3. The fraction of sp³-hybridized carbons (Fsp3) is 0.923. The Morgan fingerprint density at radius 2 is 2.06 bits per heavy atom. The van der Waals surface area contributed by atoms with E-state index >= 15 is 0 Å². The summed E-state index contributed by atoms with van der Waals surface area (Å²) in [4.78, 5) is 11.8. The molecule has 0 saturated heterocycles. The molecule has 5 heteroatoms. The van der Waals surface area contributed by atoms with Crippen LogP contribution in [0.3, 0.4) is 0 Å². The minimum absolute atomic E-state index is 0.00323. The van der Waals surface area contributed by atoms with Crippen LogP contribution in [0.4, 0.5) is 0 Å². The lowest BCUT2D eigenvalue weighted by Gasteiger charge is -2.16. The highest BCUT2D eigenvalue weighted by atomic mass is 16.6. The molecule has 0 aromatic rings. The van der Waals surface area contributed by atoms with Crippen LogP contribution in [0.2, 0.25) is 0 Å². The van der Waals surface area contributed by atoms with Gasteiger partial charge in [-0.15, -0.1) is 0 Å². The second kappa shape index (κ2) is 9.30. The van der Waals surface area contributed by atoms with Gasteiger partial charge in [-0.3, -0.25) is 4.79 Å². The van der Waals surface area contributed by atoms with Crippen molar-refractivity contribution in [1.29, 1.82) is 0 Å². The summed E-state index contributed by atoms with van der Waals surface area (Å²) >= 11 is 0. The first-order valence-corrected chi connectivity index (χ1v) is 6.73. The van der Waals surface area contributed by atoms with Crippen LogP contribution in [-0.2, 0) is 19.0 Å². The van der Waals surface area contributed by atoms with Gasteiger partial charge in [-0.2, -0.15) is 0 Å². The second-order valence-corrected chi connectivity index (χ2v) is 4.66. The van der Waals surface area contributed by atoms with Gasteiger partial charge in [0.25, 0.3) is 0 Å². The van der Waals surface area contributed by atoms with Gasteiger partial charge in [-0.1, -0.05) is 6.42 Å². The van der Waals surface area contributed by atoms with Gasteiger partial charge in [0, 0.05) is 20.3 Å². The third-order valence-corrected chi connectivity index (χ3v) is 3.37. The molecule has 0 aliphatic heterocycles. The van der Waals surface area contributed by atoms with Crippen molar-refractivity contribution in [2.75, 3.05) is 40.1 Å². The predicted molar refractivity (Wildman–Crippen MR) is 68.2 cm³/mol. The first kappa shape index (κ1) is 15.4. The van der Waals surface area contributed by atoms with E-state index in [-0.39, 0.29) is 11.9 Å². The number of carbonyl (C=O) groups is 1. The molecule has 2 unspecified atom stereocenters. The standard InChI is InChI=1S/C13H25NO4/c1-16-6-3-7-17-8-9-18-13(15)12-5-2-4-11(12)10-14/h11-12H,2-10,14H2,1H3. The van der Waals surface area contributed by atoms with Crippen molar-refractivity contribution in [2.45, 2.75) is 25.7 Å². The zero-order chi connectivity index (χ0) is 13.2. The summed E-state index contributed by atoms with van der Waals surface area (Å²) in [7, 11) is 1.66. The second-order valence-electron chi connectivity index (χ2n) is 4.66. The monoisotopic (exact) mass is 259 g/mol. The summed E-state index contributed by atoms with van der Waals surface area (Å²) < 4.78 is 15.4. The third-order valence-electron chi connectivity index (χ3n) is 3.37. The zero-order valence-corrected chi connectivity index (χ0v) is 11.2. The van der Waals surface area contributed by atoms with Crippen LogP contribution in [0.1, 0.15) is 25.7 Å². The third kappa shape index (κ3) is 5.33. The molecule has 0 aromatic carbocycles. The molecule has 18 heavy (non-hydrogen) atoms. The first-order valence-electron chi connectivity index (χ1n) is 6.73. The van der Waals surface area contributed by atoms with Crippen LogP contribution in [0.5, 0.6) is 0 Å². The summed E-state index contributed by atoms with van der Waals surface area (Å²) in [5, 5.41) is 0. The molecule has 0 heterocycles.